The van der Waals surface area contributed by atoms with Gasteiger partial charge in [-0.15, -0.1) is 0 Å². The number of hydrogen-bond donors (Lipinski definition) is 1. The van der Waals surface area contributed by atoms with Gasteiger partial charge in [0.05, 0.1) is 57.8 Å². The van der Waals surface area contributed by atoms with Crippen LogP contribution in [-0.2, 0) is 18.9 Å². The molecule has 0 amide bonds. The van der Waals surface area contributed by atoms with Crippen molar-refractivity contribution in [2.45, 2.75) is 0 Å². The van der Waals surface area contributed by atoms with E-state index < -0.39 is 4.92 Å². The Bertz CT molecular complexity index is 456. The first-order valence-electron chi connectivity index (χ1n) is 8.12. The number of nitro groups is 1. The number of nitro benzene ring substituents is 1. The molecule has 0 saturated carbocycles. The lowest BCUT2D eigenvalue weighted by atomic mass is 10.3. The van der Waals surface area contributed by atoms with Crippen LogP contribution in [0.15, 0.2) is 24.3 Å². The van der Waals surface area contributed by atoms with Gasteiger partial charge in [0, 0.05) is 18.7 Å². The molecule has 0 atom stereocenters. The summed E-state index contributed by atoms with van der Waals surface area (Å²) >= 11 is 0. The number of rotatable bonds is 16. The molecule has 142 valence electrons. The van der Waals surface area contributed by atoms with Gasteiger partial charge in [0.1, 0.15) is 12.4 Å². The van der Waals surface area contributed by atoms with Crippen molar-refractivity contribution in [3.8, 4) is 5.75 Å². The van der Waals surface area contributed by atoms with Crippen LogP contribution in [0, 0.1) is 10.1 Å². The summed E-state index contributed by atoms with van der Waals surface area (Å²) in [6, 6.07) is 5.91. The molecule has 0 radical (unpaired) electrons. The van der Waals surface area contributed by atoms with Crippen LogP contribution in [0.25, 0.3) is 0 Å². The summed E-state index contributed by atoms with van der Waals surface area (Å²) in [5, 5.41) is 10.5. The van der Waals surface area contributed by atoms with Gasteiger partial charge >= 0.3 is 0 Å². The molecule has 0 fully saturated rings. The monoisotopic (exact) mass is 358 g/mol. The number of nitrogens with zero attached hydrogens (tertiary/aromatic N) is 1. The molecule has 0 spiro atoms. The Kier molecular flexibility index (Phi) is 12.4. The first-order valence-corrected chi connectivity index (χ1v) is 8.12. The Morgan fingerprint density at radius 2 is 1.20 bits per heavy atom. The standard InChI is InChI=1S/C16H26N2O7/c17-5-6-21-7-8-22-9-10-23-11-12-24-13-14-25-16-3-1-15(2-4-16)18(19)20/h1-4H,5-14,17H2. The predicted molar refractivity (Wildman–Crippen MR) is 90.9 cm³/mol. The van der Waals surface area contributed by atoms with Crippen molar-refractivity contribution in [1.29, 1.82) is 0 Å². The molecule has 9 nitrogen and oxygen atoms in total. The second-order valence-electron chi connectivity index (χ2n) is 4.84. The Balaban J connectivity index is 1.85. The zero-order valence-corrected chi connectivity index (χ0v) is 14.3. The van der Waals surface area contributed by atoms with Crippen molar-refractivity contribution in [3.05, 3.63) is 34.4 Å². The first-order chi connectivity index (χ1) is 12.2. The van der Waals surface area contributed by atoms with Crippen molar-refractivity contribution >= 4 is 5.69 Å². The summed E-state index contributed by atoms with van der Waals surface area (Å²) in [6.07, 6.45) is 0. The molecule has 0 heterocycles. The van der Waals surface area contributed by atoms with E-state index in [0.717, 1.165) is 0 Å². The molecule has 0 saturated heterocycles. The van der Waals surface area contributed by atoms with Gasteiger partial charge in [0.2, 0.25) is 0 Å². The maximum Gasteiger partial charge on any atom is 0.269 e. The van der Waals surface area contributed by atoms with Crippen molar-refractivity contribution in [3.63, 3.8) is 0 Å². The van der Waals surface area contributed by atoms with Crippen LogP contribution in [0.2, 0.25) is 0 Å². The molecule has 1 aromatic carbocycles. The number of ether oxygens (including phenoxy) is 5. The average molecular weight is 358 g/mol. The highest BCUT2D eigenvalue weighted by Crippen LogP contribution is 2.16. The van der Waals surface area contributed by atoms with Gasteiger partial charge in [-0.3, -0.25) is 10.1 Å². The fourth-order valence-corrected chi connectivity index (χ4v) is 1.73. The van der Waals surface area contributed by atoms with E-state index in [1.54, 1.807) is 12.1 Å². The summed E-state index contributed by atoms with van der Waals surface area (Å²) < 4.78 is 26.6. The fourth-order valence-electron chi connectivity index (χ4n) is 1.73. The Morgan fingerprint density at radius 1 is 0.760 bits per heavy atom. The smallest absolute Gasteiger partial charge is 0.269 e. The molecule has 0 aliphatic heterocycles. The third-order valence-corrected chi connectivity index (χ3v) is 2.92. The van der Waals surface area contributed by atoms with E-state index in [1.165, 1.54) is 12.1 Å². The molecular formula is C16H26N2O7. The van der Waals surface area contributed by atoms with Gasteiger partial charge in [-0.2, -0.15) is 0 Å². The van der Waals surface area contributed by atoms with E-state index in [4.69, 9.17) is 29.4 Å². The highest BCUT2D eigenvalue weighted by molar-refractivity contribution is 5.35. The molecule has 0 aliphatic rings. The minimum Gasteiger partial charge on any atom is -0.491 e. The summed E-state index contributed by atoms with van der Waals surface area (Å²) in [6.45, 7) is 4.85. The lowest BCUT2D eigenvalue weighted by Gasteiger charge is -2.08. The van der Waals surface area contributed by atoms with Crippen molar-refractivity contribution < 1.29 is 28.6 Å². The van der Waals surface area contributed by atoms with Crippen LogP contribution in [0.1, 0.15) is 0 Å². The summed E-state index contributed by atoms with van der Waals surface area (Å²) in [7, 11) is 0. The molecule has 0 bridgehead atoms. The maximum atomic E-state index is 10.5. The zero-order valence-electron chi connectivity index (χ0n) is 14.3. The number of benzene rings is 1. The lowest BCUT2D eigenvalue weighted by Crippen LogP contribution is -2.15. The first kappa shape index (κ1) is 21.3. The largest absolute Gasteiger partial charge is 0.491 e. The van der Waals surface area contributed by atoms with Gasteiger partial charge in [0.15, 0.2) is 0 Å². The van der Waals surface area contributed by atoms with Crippen LogP contribution in [-0.4, -0.2) is 70.9 Å². The third kappa shape index (κ3) is 11.4. The minimum absolute atomic E-state index is 0.0350. The highest BCUT2D eigenvalue weighted by atomic mass is 16.6. The Hall–Kier alpha value is -1.78. The quantitative estimate of drug-likeness (QED) is 0.264. The van der Waals surface area contributed by atoms with Crippen LogP contribution < -0.4 is 10.5 Å². The van der Waals surface area contributed by atoms with E-state index in [2.05, 4.69) is 0 Å². The van der Waals surface area contributed by atoms with Crippen LogP contribution in [0.5, 0.6) is 5.75 Å². The molecule has 25 heavy (non-hydrogen) atoms. The van der Waals surface area contributed by atoms with Crippen LogP contribution in [0.4, 0.5) is 5.69 Å². The normalized spacial score (nSPS) is 10.8. The summed E-state index contributed by atoms with van der Waals surface area (Å²) in [4.78, 5) is 10.1. The third-order valence-electron chi connectivity index (χ3n) is 2.92. The van der Waals surface area contributed by atoms with Crippen LogP contribution in [0.3, 0.4) is 0 Å². The second-order valence-corrected chi connectivity index (χ2v) is 4.84. The molecular weight excluding hydrogens is 332 g/mol. The minimum atomic E-state index is -0.451. The molecule has 0 aromatic heterocycles. The summed E-state index contributed by atoms with van der Waals surface area (Å²) in [5.74, 6) is 0.568. The lowest BCUT2D eigenvalue weighted by molar-refractivity contribution is -0.384. The number of nitrogens with two attached hydrogens (primary N) is 1. The molecule has 0 unspecified atom stereocenters. The fraction of sp³-hybridized carbons (Fsp3) is 0.625. The maximum absolute atomic E-state index is 10.5. The molecule has 1 aromatic rings. The molecule has 9 heteroatoms. The number of non-ortho nitro benzene ring substituents is 1. The Morgan fingerprint density at radius 3 is 1.64 bits per heavy atom. The zero-order chi connectivity index (χ0) is 18.2. The topological polar surface area (TPSA) is 115 Å². The van der Waals surface area contributed by atoms with E-state index >= 15 is 0 Å². The highest BCUT2D eigenvalue weighted by Gasteiger charge is 2.04. The van der Waals surface area contributed by atoms with Crippen molar-refractivity contribution in [2.75, 3.05) is 66.0 Å². The van der Waals surface area contributed by atoms with E-state index in [-0.39, 0.29) is 5.69 Å². The van der Waals surface area contributed by atoms with Gasteiger partial charge < -0.3 is 29.4 Å². The summed E-state index contributed by atoms with van der Waals surface area (Å²) in [5.41, 5.74) is 5.32. The van der Waals surface area contributed by atoms with Gasteiger partial charge in [-0.05, 0) is 12.1 Å². The van der Waals surface area contributed by atoms with E-state index in [0.29, 0.717) is 71.8 Å². The van der Waals surface area contributed by atoms with Gasteiger partial charge in [0.25, 0.3) is 5.69 Å². The van der Waals surface area contributed by atoms with Crippen LogP contribution >= 0.6 is 0 Å². The van der Waals surface area contributed by atoms with Gasteiger partial charge in [-0.25, -0.2) is 0 Å². The molecule has 0 aliphatic carbocycles. The van der Waals surface area contributed by atoms with E-state index in [1.807, 2.05) is 0 Å². The Labute approximate surface area is 147 Å². The van der Waals surface area contributed by atoms with Crippen molar-refractivity contribution in [2.24, 2.45) is 5.73 Å². The van der Waals surface area contributed by atoms with Crippen molar-refractivity contribution in [1.82, 2.24) is 0 Å². The average Bonchev–Trinajstić information content (AvgIpc) is 2.62. The second kappa shape index (κ2) is 14.6. The predicted octanol–water partition coefficient (Wildman–Crippen LogP) is 0.999. The van der Waals surface area contributed by atoms with E-state index in [9.17, 15) is 10.1 Å². The molecule has 2 N–H and O–H groups in total. The van der Waals surface area contributed by atoms with Gasteiger partial charge in [-0.1, -0.05) is 0 Å². The number of hydrogen-bond acceptors (Lipinski definition) is 8. The molecule has 1 rings (SSSR count). The SMILES string of the molecule is NCCOCCOCCOCCOCCOc1ccc([N+](=O)[O-])cc1.